The van der Waals surface area contributed by atoms with Gasteiger partial charge in [0.25, 0.3) is 15.9 Å². The fraction of sp³-hybridized carbons (Fsp3) is 0.0588. The third-order valence-electron chi connectivity index (χ3n) is 3.51. The number of carbonyl (C=O) groups excluding carboxylic acids is 1. The van der Waals surface area contributed by atoms with Gasteiger partial charge in [0.05, 0.1) is 5.69 Å². The largest absolute Gasteiger partial charge is 0.278 e. The molecule has 0 bridgehead atoms. The lowest BCUT2D eigenvalue weighted by atomic mass is 10.2. The van der Waals surface area contributed by atoms with Crippen molar-refractivity contribution in [2.75, 3.05) is 0 Å². The van der Waals surface area contributed by atoms with Crippen molar-refractivity contribution in [3.63, 3.8) is 0 Å². The fourth-order valence-corrected chi connectivity index (χ4v) is 4.12. The number of hydrogen-bond donors (Lipinski definition) is 2. The predicted octanol–water partition coefficient (Wildman–Crippen LogP) is 3.02. The van der Waals surface area contributed by atoms with Crippen molar-refractivity contribution in [3.8, 4) is 10.6 Å². The molecule has 0 aliphatic rings. The fourth-order valence-electron chi connectivity index (χ4n) is 2.22. The maximum absolute atomic E-state index is 13.7. The van der Waals surface area contributed by atoms with Gasteiger partial charge in [-0.05, 0) is 25.1 Å². The number of aromatic nitrogens is 1. The molecule has 2 aromatic carbocycles. The molecule has 6 nitrogen and oxygen atoms in total. The molecule has 0 saturated carbocycles. The van der Waals surface area contributed by atoms with Crippen molar-refractivity contribution in [1.82, 2.24) is 15.2 Å². The van der Waals surface area contributed by atoms with Gasteiger partial charge in [-0.15, -0.1) is 16.2 Å². The molecule has 0 radical (unpaired) electrons. The first-order chi connectivity index (χ1) is 12.8. The molecule has 0 fully saturated rings. The molecule has 3 rings (SSSR count). The van der Waals surface area contributed by atoms with Gasteiger partial charge in [0, 0.05) is 5.56 Å². The van der Waals surface area contributed by atoms with Crippen LogP contribution in [0.25, 0.3) is 10.6 Å². The van der Waals surface area contributed by atoms with Crippen LogP contribution >= 0.6 is 11.3 Å². The van der Waals surface area contributed by atoms with Gasteiger partial charge in [0.2, 0.25) is 0 Å². The minimum atomic E-state index is -4.49. The summed E-state index contributed by atoms with van der Waals surface area (Å²) in [6.07, 6.45) is 0. The Morgan fingerprint density at radius 1 is 1.11 bits per heavy atom. The number of hydrogen-bond acceptors (Lipinski definition) is 5. The zero-order valence-corrected chi connectivity index (χ0v) is 15.5. The van der Waals surface area contributed by atoms with Gasteiger partial charge in [0.15, 0.2) is 0 Å². The Morgan fingerprint density at radius 3 is 2.52 bits per heavy atom. The van der Waals surface area contributed by atoms with Crippen molar-refractivity contribution in [2.45, 2.75) is 11.8 Å². The highest BCUT2D eigenvalue weighted by atomic mass is 32.2. The van der Waals surface area contributed by atoms with E-state index in [9.17, 15) is 22.0 Å². The van der Waals surface area contributed by atoms with Gasteiger partial charge >= 0.3 is 0 Å². The second-order valence-electron chi connectivity index (χ2n) is 5.43. The SMILES string of the molecule is Cc1nc(-c2ccccc2)sc1C(=O)NNS(=O)(=O)c1cc(F)ccc1F. The summed E-state index contributed by atoms with van der Waals surface area (Å²) < 4.78 is 51.1. The van der Waals surface area contributed by atoms with E-state index in [1.807, 2.05) is 35.8 Å². The highest BCUT2D eigenvalue weighted by Crippen LogP contribution is 2.27. The van der Waals surface area contributed by atoms with Gasteiger partial charge < -0.3 is 0 Å². The van der Waals surface area contributed by atoms with Crippen LogP contribution in [0.3, 0.4) is 0 Å². The van der Waals surface area contributed by atoms with Crippen LogP contribution in [-0.2, 0) is 10.0 Å². The molecule has 10 heteroatoms. The summed E-state index contributed by atoms with van der Waals surface area (Å²) in [6.45, 7) is 1.61. The van der Waals surface area contributed by atoms with Crippen LogP contribution in [0, 0.1) is 18.6 Å². The highest BCUT2D eigenvalue weighted by Gasteiger charge is 2.22. The van der Waals surface area contributed by atoms with Crippen molar-refractivity contribution < 1.29 is 22.0 Å². The van der Waals surface area contributed by atoms with Crippen LogP contribution in [0.2, 0.25) is 0 Å². The van der Waals surface area contributed by atoms with Gasteiger partial charge in [-0.3, -0.25) is 10.2 Å². The van der Waals surface area contributed by atoms with E-state index in [1.54, 1.807) is 11.8 Å². The molecule has 1 amide bonds. The number of aryl methyl sites for hydroxylation is 1. The summed E-state index contributed by atoms with van der Waals surface area (Å²) in [4.78, 5) is 17.7. The van der Waals surface area contributed by atoms with Crippen LogP contribution in [0.15, 0.2) is 53.4 Å². The first kappa shape index (κ1) is 19.1. The molecule has 0 unspecified atom stereocenters. The van der Waals surface area contributed by atoms with Crippen LogP contribution in [0.1, 0.15) is 15.4 Å². The Balaban J connectivity index is 1.78. The molecular formula is C17H13F2N3O3S2. The summed E-state index contributed by atoms with van der Waals surface area (Å²) in [5, 5.41) is 0.595. The van der Waals surface area contributed by atoms with E-state index in [4.69, 9.17) is 0 Å². The maximum Gasteiger partial charge on any atom is 0.278 e. The second-order valence-corrected chi connectivity index (χ2v) is 8.08. The molecule has 0 atom stereocenters. The number of thiazole rings is 1. The zero-order valence-electron chi connectivity index (χ0n) is 13.9. The zero-order chi connectivity index (χ0) is 19.6. The Kier molecular flexibility index (Phi) is 5.31. The van der Waals surface area contributed by atoms with Crippen molar-refractivity contribution in [1.29, 1.82) is 0 Å². The van der Waals surface area contributed by atoms with Crippen LogP contribution < -0.4 is 10.3 Å². The number of amides is 1. The van der Waals surface area contributed by atoms with Gasteiger partial charge in [0.1, 0.15) is 26.4 Å². The third kappa shape index (κ3) is 4.18. The quantitative estimate of drug-likeness (QED) is 0.634. The summed E-state index contributed by atoms with van der Waals surface area (Å²) in [6, 6.07) is 11.2. The Labute approximate surface area is 157 Å². The molecule has 1 heterocycles. The molecule has 0 aliphatic carbocycles. The van der Waals surface area contributed by atoms with Gasteiger partial charge in [-0.1, -0.05) is 30.3 Å². The van der Waals surface area contributed by atoms with E-state index in [2.05, 4.69) is 4.98 Å². The van der Waals surface area contributed by atoms with Crippen molar-refractivity contribution >= 4 is 27.3 Å². The molecule has 1 aromatic heterocycles. The molecular weight excluding hydrogens is 396 g/mol. The van der Waals surface area contributed by atoms with E-state index in [0.717, 1.165) is 23.0 Å². The molecule has 140 valence electrons. The minimum absolute atomic E-state index is 0.191. The topological polar surface area (TPSA) is 88.2 Å². The molecule has 2 N–H and O–H groups in total. The number of benzene rings is 2. The summed E-state index contributed by atoms with van der Waals surface area (Å²) >= 11 is 1.08. The van der Waals surface area contributed by atoms with Gasteiger partial charge in [-0.25, -0.2) is 22.2 Å². The smallest absolute Gasteiger partial charge is 0.273 e. The van der Waals surface area contributed by atoms with Gasteiger partial charge in [-0.2, -0.15) is 0 Å². The molecule has 27 heavy (non-hydrogen) atoms. The Bertz CT molecular complexity index is 1100. The van der Waals surface area contributed by atoms with Crippen molar-refractivity contribution in [2.24, 2.45) is 0 Å². The summed E-state index contributed by atoms with van der Waals surface area (Å²) in [7, 11) is -4.49. The Morgan fingerprint density at radius 2 is 1.81 bits per heavy atom. The highest BCUT2D eigenvalue weighted by molar-refractivity contribution is 7.89. The van der Waals surface area contributed by atoms with E-state index in [1.165, 1.54) is 0 Å². The number of rotatable bonds is 5. The monoisotopic (exact) mass is 409 g/mol. The lowest BCUT2D eigenvalue weighted by Crippen LogP contribution is -2.41. The number of carbonyl (C=O) groups is 1. The van der Waals surface area contributed by atoms with E-state index >= 15 is 0 Å². The average Bonchev–Trinajstić information content (AvgIpc) is 3.04. The van der Waals surface area contributed by atoms with Crippen LogP contribution in [-0.4, -0.2) is 19.3 Å². The molecule has 0 spiro atoms. The van der Waals surface area contributed by atoms with E-state index < -0.39 is 32.5 Å². The standard InChI is InChI=1S/C17H13F2N3O3S2/c1-10-15(26-17(20-10)11-5-3-2-4-6-11)16(23)21-22-27(24,25)14-9-12(18)7-8-13(14)19/h2-9,22H,1H3,(H,21,23). The summed E-state index contributed by atoms with van der Waals surface area (Å²) in [5.41, 5.74) is 3.22. The first-order valence-electron chi connectivity index (χ1n) is 7.58. The number of nitrogens with zero attached hydrogens (tertiary/aromatic N) is 1. The van der Waals surface area contributed by atoms with Crippen LogP contribution in [0.4, 0.5) is 8.78 Å². The lowest BCUT2D eigenvalue weighted by Gasteiger charge is -2.08. The predicted molar refractivity (Wildman–Crippen MR) is 96.4 cm³/mol. The van der Waals surface area contributed by atoms with E-state index in [0.29, 0.717) is 22.8 Å². The van der Waals surface area contributed by atoms with E-state index in [-0.39, 0.29) is 4.88 Å². The molecule has 0 aliphatic heterocycles. The number of nitrogens with one attached hydrogen (secondary N) is 2. The number of hydrazine groups is 1. The van der Waals surface area contributed by atoms with Crippen molar-refractivity contribution in [3.05, 3.63) is 70.7 Å². The average molecular weight is 409 g/mol. The second kappa shape index (κ2) is 7.51. The molecule has 3 aromatic rings. The lowest BCUT2D eigenvalue weighted by molar-refractivity contribution is 0.0948. The minimum Gasteiger partial charge on any atom is -0.273 e. The molecule has 0 saturated heterocycles. The normalized spacial score (nSPS) is 11.4. The maximum atomic E-state index is 13.7. The first-order valence-corrected chi connectivity index (χ1v) is 9.88. The number of sulfonamides is 1. The Hall–Kier alpha value is -2.69. The third-order valence-corrected chi connectivity index (χ3v) is 5.97. The number of halogens is 2. The van der Waals surface area contributed by atoms with Crippen LogP contribution in [0.5, 0.6) is 0 Å². The summed E-state index contributed by atoms with van der Waals surface area (Å²) in [5.74, 6) is -2.82.